The molecule has 2 fully saturated rings. The highest BCUT2D eigenvalue weighted by Gasteiger charge is 2.65. The number of ether oxygens (including phenoxy) is 5. The Kier molecular flexibility index (Phi) is 23.0. The number of aliphatic hydroxyl groups is 3. The number of carbonyl (C=O) groups excluding carboxylic acids is 1. The molecule has 0 aromatic heterocycles. The first-order chi connectivity index (χ1) is 33.5. The van der Waals surface area contributed by atoms with Crippen LogP contribution in [0.3, 0.4) is 0 Å². The van der Waals surface area contributed by atoms with Crippen LogP contribution in [0.5, 0.6) is 11.5 Å². The molecule has 1 saturated carbocycles. The molecule has 13 nitrogen and oxygen atoms in total. The van der Waals surface area contributed by atoms with E-state index in [1.165, 1.54) is 44.9 Å². The fourth-order valence-corrected chi connectivity index (χ4v) is 10.6. The summed E-state index contributed by atoms with van der Waals surface area (Å²) in [6.45, 7) is 11.1. The maximum Gasteiger partial charge on any atom is 0.410 e. The lowest BCUT2D eigenvalue weighted by Gasteiger charge is -2.59. The van der Waals surface area contributed by atoms with E-state index in [4.69, 9.17) is 33.7 Å². The number of benzene rings is 2. The van der Waals surface area contributed by atoms with Crippen molar-refractivity contribution in [2.45, 2.75) is 140 Å². The normalized spacial score (nSPS) is 23.3. The van der Waals surface area contributed by atoms with Crippen molar-refractivity contribution < 1.29 is 48.6 Å². The average molecular weight is 946 g/mol. The summed E-state index contributed by atoms with van der Waals surface area (Å²) in [5.74, 6) is -0.490. The van der Waals surface area contributed by atoms with Gasteiger partial charge in [0.25, 0.3) is 0 Å². The molecule has 13 heteroatoms. The van der Waals surface area contributed by atoms with E-state index in [9.17, 15) is 20.1 Å². The molecule has 0 radical (unpaired) electrons. The number of hydrogen-bond donors (Lipinski definition) is 3. The third-order valence-electron chi connectivity index (χ3n) is 14.2. The summed E-state index contributed by atoms with van der Waals surface area (Å²) >= 11 is 0. The Hall–Kier alpha value is -3.98. The van der Waals surface area contributed by atoms with Crippen molar-refractivity contribution in [3.05, 3.63) is 84.0 Å². The van der Waals surface area contributed by atoms with E-state index in [0.29, 0.717) is 30.9 Å². The second-order valence-corrected chi connectivity index (χ2v) is 19.0. The summed E-state index contributed by atoms with van der Waals surface area (Å²) in [6.07, 6.45) is 20.2. The molecule has 2 aromatic rings. The highest BCUT2D eigenvalue weighted by Crippen LogP contribution is 2.62. The van der Waals surface area contributed by atoms with Crippen LogP contribution in [0.1, 0.15) is 133 Å². The monoisotopic (exact) mass is 946 g/mol. The molecule has 378 valence electrons. The van der Waals surface area contributed by atoms with Crippen molar-refractivity contribution in [1.82, 2.24) is 9.80 Å². The van der Waals surface area contributed by atoms with E-state index in [1.807, 2.05) is 42.5 Å². The first kappa shape index (κ1) is 53.4. The molecule has 2 aromatic carbocycles. The molecular formula is C55H83N3O10. The SMILES string of the molecule is C=CCOC12Oc3ccc(OCCN4CC4)cc3C3C(CCCCO)C(CCCCO)C=C(C(=NOCc4ccccc4)CC1N(CCOCCO)C(=O)OCCCCCCCCCCCC)C32. The third kappa shape index (κ3) is 15.3. The van der Waals surface area contributed by atoms with E-state index in [-0.39, 0.29) is 83.6 Å². The van der Waals surface area contributed by atoms with Gasteiger partial charge in [0.05, 0.1) is 44.7 Å². The number of nitrogens with zero attached hydrogens (tertiary/aromatic N) is 3. The van der Waals surface area contributed by atoms with Gasteiger partial charge in [0.15, 0.2) is 0 Å². The Bertz CT molecular complexity index is 1840. The number of amides is 1. The van der Waals surface area contributed by atoms with Crippen LogP contribution in [-0.4, -0.2) is 128 Å². The van der Waals surface area contributed by atoms with Crippen molar-refractivity contribution in [3.63, 3.8) is 0 Å². The molecule has 1 amide bonds. The molecule has 4 aliphatic rings. The predicted molar refractivity (Wildman–Crippen MR) is 266 cm³/mol. The number of carbonyl (C=O) groups is 1. The molecule has 2 heterocycles. The van der Waals surface area contributed by atoms with Crippen LogP contribution in [0.4, 0.5) is 4.79 Å². The van der Waals surface area contributed by atoms with Gasteiger partial charge in [0.2, 0.25) is 5.79 Å². The fourth-order valence-electron chi connectivity index (χ4n) is 10.6. The first-order valence-electron chi connectivity index (χ1n) is 26.2. The van der Waals surface area contributed by atoms with Crippen LogP contribution in [0, 0.1) is 17.8 Å². The number of rotatable bonds is 35. The molecule has 1 saturated heterocycles. The van der Waals surface area contributed by atoms with Crippen LogP contribution in [0.15, 0.2) is 78.0 Å². The topological polar surface area (TPSA) is 152 Å². The van der Waals surface area contributed by atoms with Gasteiger partial charge in [-0.05, 0) is 73.3 Å². The molecule has 2 aliphatic carbocycles. The number of allylic oxidation sites excluding steroid dienone is 1. The molecule has 68 heavy (non-hydrogen) atoms. The third-order valence-corrected chi connectivity index (χ3v) is 14.2. The molecule has 0 spiro atoms. The van der Waals surface area contributed by atoms with Crippen molar-refractivity contribution in [3.8, 4) is 11.5 Å². The summed E-state index contributed by atoms with van der Waals surface area (Å²) in [5.41, 5.74) is 3.66. The Morgan fingerprint density at radius 3 is 2.31 bits per heavy atom. The largest absolute Gasteiger partial charge is 0.492 e. The zero-order valence-electron chi connectivity index (χ0n) is 41.1. The van der Waals surface area contributed by atoms with Gasteiger partial charge in [0, 0.05) is 57.3 Å². The second-order valence-electron chi connectivity index (χ2n) is 19.0. The average Bonchev–Trinajstić information content (AvgIpc) is 4.19. The summed E-state index contributed by atoms with van der Waals surface area (Å²) in [4.78, 5) is 25.1. The van der Waals surface area contributed by atoms with Crippen molar-refractivity contribution >= 4 is 11.8 Å². The van der Waals surface area contributed by atoms with Crippen LogP contribution in [-0.2, 0) is 25.7 Å². The van der Waals surface area contributed by atoms with Gasteiger partial charge >= 0.3 is 6.09 Å². The minimum absolute atomic E-state index is 0.0750. The van der Waals surface area contributed by atoms with Gasteiger partial charge in [0.1, 0.15) is 30.8 Å². The van der Waals surface area contributed by atoms with Crippen molar-refractivity contribution in [2.75, 3.05) is 79.0 Å². The van der Waals surface area contributed by atoms with Gasteiger partial charge in [-0.25, -0.2) is 4.79 Å². The van der Waals surface area contributed by atoms with Crippen LogP contribution < -0.4 is 9.47 Å². The Balaban J connectivity index is 1.41. The first-order valence-corrected chi connectivity index (χ1v) is 26.2. The minimum Gasteiger partial charge on any atom is -0.492 e. The number of fused-ring (bicyclic) bond motifs is 2. The number of aliphatic hydroxyl groups excluding tert-OH is 3. The van der Waals surface area contributed by atoms with Crippen LogP contribution in [0.25, 0.3) is 0 Å². The lowest BCUT2D eigenvalue weighted by Crippen LogP contribution is -2.70. The van der Waals surface area contributed by atoms with E-state index < -0.39 is 23.8 Å². The van der Waals surface area contributed by atoms with Crippen molar-refractivity contribution in [2.24, 2.45) is 22.9 Å². The Morgan fingerprint density at radius 2 is 1.60 bits per heavy atom. The van der Waals surface area contributed by atoms with Gasteiger partial charge < -0.3 is 43.8 Å². The summed E-state index contributed by atoms with van der Waals surface area (Å²) < 4.78 is 33.0. The molecular weight excluding hydrogens is 863 g/mol. The van der Waals surface area contributed by atoms with Gasteiger partial charge in [-0.1, -0.05) is 125 Å². The maximum absolute atomic E-state index is 14.8. The van der Waals surface area contributed by atoms with Gasteiger partial charge in [-0.2, -0.15) is 0 Å². The summed E-state index contributed by atoms with van der Waals surface area (Å²) in [7, 11) is 0. The zero-order valence-corrected chi connectivity index (χ0v) is 41.1. The second kappa shape index (κ2) is 29.3. The van der Waals surface area contributed by atoms with Gasteiger partial charge in [-0.3, -0.25) is 9.80 Å². The van der Waals surface area contributed by atoms with E-state index in [2.05, 4.69) is 30.5 Å². The predicted octanol–water partition coefficient (Wildman–Crippen LogP) is 9.58. The molecule has 6 unspecified atom stereocenters. The summed E-state index contributed by atoms with van der Waals surface area (Å²) in [5, 5.41) is 34.6. The highest BCUT2D eigenvalue weighted by atomic mass is 16.7. The summed E-state index contributed by atoms with van der Waals surface area (Å²) in [6, 6.07) is 15.3. The lowest BCUT2D eigenvalue weighted by molar-refractivity contribution is -0.256. The van der Waals surface area contributed by atoms with Crippen molar-refractivity contribution in [1.29, 1.82) is 0 Å². The molecule has 0 bridgehead atoms. The van der Waals surface area contributed by atoms with Crippen LogP contribution in [0.2, 0.25) is 0 Å². The molecule has 6 rings (SSSR count). The zero-order chi connectivity index (χ0) is 47.8. The van der Waals surface area contributed by atoms with E-state index in [1.54, 1.807) is 11.0 Å². The molecule has 3 N–H and O–H groups in total. The fraction of sp³-hybridized carbons (Fsp3) is 0.673. The lowest BCUT2D eigenvalue weighted by atomic mass is 9.55. The molecule has 6 atom stereocenters. The highest BCUT2D eigenvalue weighted by molar-refractivity contribution is 6.03. The maximum atomic E-state index is 14.8. The smallest absolute Gasteiger partial charge is 0.410 e. The van der Waals surface area contributed by atoms with Crippen LogP contribution >= 0.6 is 0 Å². The van der Waals surface area contributed by atoms with E-state index in [0.717, 1.165) is 87.0 Å². The Morgan fingerprint density at radius 1 is 0.868 bits per heavy atom. The minimum atomic E-state index is -1.43. The van der Waals surface area contributed by atoms with Gasteiger partial charge in [-0.15, -0.1) is 6.58 Å². The standard InChI is InChI=1S/C55H83N3O10/c1-3-5-6-7-8-9-10-11-12-20-35-65-54(62)58(30-36-63-38-33-61)51-41-49(56-67-42-43-21-14-13-15-22-43)47-39-44(23-16-18-31-59)46(24-17-19-32-60)52-48-40-45(64-37-29-57-27-28-57)25-26-50(48)68-55(51,53(47)52)66-34-4-2/h4,13-15,21-22,25-26,39-40,44,46,51-53,59-61H,2-3,5-12,16-20,23-24,27-38,41-42H2,1H3. The number of oxime groups is 1. The quantitative estimate of drug-likeness (QED) is 0.0262. The molecule has 2 aliphatic heterocycles. The Labute approximate surface area is 406 Å². The van der Waals surface area contributed by atoms with E-state index >= 15 is 0 Å². The number of hydrogen-bond acceptors (Lipinski definition) is 12. The number of unbranched alkanes of at least 4 members (excludes halogenated alkanes) is 11.